The van der Waals surface area contributed by atoms with Gasteiger partial charge in [0.1, 0.15) is 19.8 Å². The molecule has 0 radical (unpaired) electrons. The van der Waals surface area contributed by atoms with Crippen LogP contribution >= 0.6 is 7.82 Å². The average molecular weight is 1320 g/mol. The van der Waals surface area contributed by atoms with Crippen molar-refractivity contribution in [2.24, 2.45) is 0 Å². The van der Waals surface area contributed by atoms with Gasteiger partial charge in [-0.2, -0.15) is 0 Å². The number of rotatable bonds is 78. The van der Waals surface area contributed by atoms with Crippen molar-refractivity contribution in [3.05, 3.63) is 24.3 Å². The van der Waals surface area contributed by atoms with E-state index < -0.39 is 26.5 Å². The van der Waals surface area contributed by atoms with Crippen LogP contribution in [0.15, 0.2) is 24.3 Å². The zero-order valence-corrected chi connectivity index (χ0v) is 63.4. The molecule has 0 rings (SSSR count). The zero-order valence-electron chi connectivity index (χ0n) is 62.5. The molecule has 0 bridgehead atoms. The first-order valence-corrected chi connectivity index (χ1v) is 42.5. The van der Waals surface area contributed by atoms with Crippen LogP contribution in [0.2, 0.25) is 0 Å². The smallest absolute Gasteiger partial charge is 0.306 e. The molecule has 2 atom stereocenters. The lowest BCUT2D eigenvalue weighted by Crippen LogP contribution is -2.37. The Balaban J connectivity index is 3.85. The largest absolute Gasteiger partial charge is 0.756 e. The van der Waals surface area contributed by atoms with E-state index in [0.29, 0.717) is 17.4 Å². The van der Waals surface area contributed by atoms with Crippen molar-refractivity contribution in [2.75, 3.05) is 47.5 Å². The number of hydrogen-bond acceptors (Lipinski definition) is 8. The summed E-state index contributed by atoms with van der Waals surface area (Å²) in [6, 6.07) is 0. The van der Waals surface area contributed by atoms with Gasteiger partial charge >= 0.3 is 11.9 Å². The van der Waals surface area contributed by atoms with Gasteiger partial charge in [-0.1, -0.05) is 404 Å². The summed E-state index contributed by atoms with van der Waals surface area (Å²) in [4.78, 5) is 38.2. The lowest BCUT2D eigenvalue weighted by molar-refractivity contribution is -0.870. The number of quaternary nitrogens is 1. The summed E-state index contributed by atoms with van der Waals surface area (Å²) in [6.07, 6.45) is 94.7. The minimum atomic E-state index is -4.64. The van der Waals surface area contributed by atoms with Crippen LogP contribution in [-0.2, 0) is 32.7 Å². The highest BCUT2D eigenvalue weighted by atomic mass is 31.2. The maximum Gasteiger partial charge on any atom is 0.306 e. The molecule has 0 saturated heterocycles. The minimum absolute atomic E-state index is 0.0258. The van der Waals surface area contributed by atoms with E-state index in [0.717, 1.165) is 38.5 Å². The topological polar surface area (TPSA) is 111 Å². The van der Waals surface area contributed by atoms with Gasteiger partial charge in [0.05, 0.1) is 27.7 Å². The molecule has 0 N–H and O–H groups in total. The van der Waals surface area contributed by atoms with Crippen molar-refractivity contribution in [1.82, 2.24) is 0 Å². The molecule has 546 valence electrons. The third kappa shape index (κ3) is 77.5. The Morgan fingerprint density at radius 3 is 0.859 bits per heavy atom. The van der Waals surface area contributed by atoms with Crippen LogP contribution in [0.3, 0.4) is 0 Å². The predicted octanol–water partition coefficient (Wildman–Crippen LogP) is 26.5. The van der Waals surface area contributed by atoms with Gasteiger partial charge in [0, 0.05) is 12.8 Å². The monoisotopic (exact) mass is 1320 g/mol. The molecular weight excluding hydrogens is 1160 g/mol. The molecule has 0 aromatic carbocycles. The van der Waals surface area contributed by atoms with Crippen LogP contribution in [-0.4, -0.2) is 70.0 Å². The quantitative estimate of drug-likeness (QED) is 0.0195. The number of nitrogens with zero attached hydrogens (tertiary/aromatic N) is 1. The normalized spacial score (nSPS) is 13.1. The van der Waals surface area contributed by atoms with Gasteiger partial charge in [-0.05, 0) is 44.9 Å². The van der Waals surface area contributed by atoms with Gasteiger partial charge in [0.2, 0.25) is 0 Å². The number of carbonyl (C=O) groups is 2. The number of ether oxygens (including phenoxy) is 2. The Morgan fingerprint density at radius 1 is 0.337 bits per heavy atom. The molecular formula is C82H160NO8P. The maximum atomic E-state index is 12.9. The van der Waals surface area contributed by atoms with Crippen molar-refractivity contribution in [1.29, 1.82) is 0 Å². The third-order valence-electron chi connectivity index (χ3n) is 19.0. The fourth-order valence-corrected chi connectivity index (χ4v) is 13.4. The number of likely N-dealkylation sites (N-methyl/N-ethyl adjacent to an activating group) is 1. The van der Waals surface area contributed by atoms with E-state index in [1.807, 2.05) is 21.1 Å². The van der Waals surface area contributed by atoms with Crippen LogP contribution < -0.4 is 4.89 Å². The number of carbonyl (C=O) groups excluding carboxylic acids is 2. The van der Waals surface area contributed by atoms with Gasteiger partial charge in [-0.25, -0.2) is 0 Å². The summed E-state index contributed by atoms with van der Waals surface area (Å²) >= 11 is 0. The highest BCUT2D eigenvalue weighted by Crippen LogP contribution is 2.38. The van der Waals surface area contributed by atoms with Gasteiger partial charge in [-0.3, -0.25) is 14.2 Å². The van der Waals surface area contributed by atoms with E-state index in [1.165, 1.54) is 366 Å². The van der Waals surface area contributed by atoms with E-state index >= 15 is 0 Å². The Bertz CT molecular complexity index is 1600. The van der Waals surface area contributed by atoms with Crippen molar-refractivity contribution < 1.29 is 42.1 Å². The van der Waals surface area contributed by atoms with Gasteiger partial charge in [0.15, 0.2) is 6.10 Å². The number of allylic oxidation sites excluding steroid dienone is 4. The molecule has 0 aliphatic rings. The molecule has 2 unspecified atom stereocenters. The summed E-state index contributed by atoms with van der Waals surface area (Å²) in [5, 5.41) is 0. The first kappa shape index (κ1) is 90.5. The minimum Gasteiger partial charge on any atom is -0.756 e. The SMILES string of the molecule is CCCCCCC/C=C\C/C=C\CCCCCCCCCCCCCCCCCCCCCCCCCCCCCCCC(=O)OC(COC(=O)CCCCCCCCCCCCCCCCCCCCCCCCCCCCC)COP(=O)([O-])OCC[N+](C)(C)C. The summed E-state index contributed by atoms with van der Waals surface area (Å²) in [5.41, 5.74) is 0. The van der Waals surface area contributed by atoms with Crippen molar-refractivity contribution in [3.8, 4) is 0 Å². The second-order valence-electron chi connectivity index (χ2n) is 29.5. The van der Waals surface area contributed by atoms with Crippen LogP contribution in [0.4, 0.5) is 0 Å². The van der Waals surface area contributed by atoms with E-state index in [2.05, 4.69) is 38.2 Å². The molecule has 0 spiro atoms. The van der Waals surface area contributed by atoms with Crippen molar-refractivity contribution in [2.45, 2.75) is 444 Å². The fraction of sp³-hybridized carbons (Fsp3) is 0.927. The molecule has 0 amide bonds. The predicted molar refractivity (Wildman–Crippen MR) is 398 cm³/mol. The lowest BCUT2D eigenvalue weighted by atomic mass is 10.0. The molecule has 0 aliphatic carbocycles. The van der Waals surface area contributed by atoms with Gasteiger partial charge < -0.3 is 27.9 Å². The molecule has 0 saturated carbocycles. The van der Waals surface area contributed by atoms with E-state index in [-0.39, 0.29) is 32.0 Å². The number of phosphoric acid groups is 1. The van der Waals surface area contributed by atoms with E-state index in [4.69, 9.17) is 18.5 Å². The highest BCUT2D eigenvalue weighted by molar-refractivity contribution is 7.45. The van der Waals surface area contributed by atoms with E-state index in [9.17, 15) is 19.0 Å². The summed E-state index contributed by atoms with van der Waals surface area (Å²) in [6.45, 7) is 4.32. The lowest BCUT2D eigenvalue weighted by Gasteiger charge is -2.28. The summed E-state index contributed by atoms with van der Waals surface area (Å²) in [7, 11) is 1.20. The highest BCUT2D eigenvalue weighted by Gasteiger charge is 2.22. The van der Waals surface area contributed by atoms with Crippen molar-refractivity contribution in [3.63, 3.8) is 0 Å². The Hall–Kier alpha value is -1.51. The van der Waals surface area contributed by atoms with E-state index in [1.54, 1.807) is 0 Å². The average Bonchev–Trinajstić information content (AvgIpc) is 2.23. The summed E-state index contributed by atoms with van der Waals surface area (Å²) in [5.74, 6) is -0.803. The maximum absolute atomic E-state index is 12.9. The Morgan fingerprint density at radius 2 is 0.587 bits per heavy atom. The molecule has 9 nitrogen and oxygen atoms in total. The standard InChI is InChI=1S/C82H160NO8P/c1-6-8-10-12-14-16-18-20-22-24-26-28-30-32-34-35-36-37-38-39-40-41-42-43-44-45-46-47-49-51-53-55-57-59-61-63-65-67-69-71-73-75-82(85)91-80(79-90-92(86,87)89-77-76-83(3,4)5)78-88-81(84)74-72-70-68-66-64-62-60-58-56-54-52-50-48-33-31-29-27-25-23-21-19-17-15-13-11-9-7-2/h18,20,24,26,80H,6-17,19,21-23,25,27-79H2,1-5H3/b20-18-,26-24-. The second kappa shape index (κ2) is 73.7. The zero-order chi connectivity index (χ0) is 66.9. The van der Waals surface area contributed by atoms with Crippen molar-refractivity contribution >= 4 is 19.8 Å². The summed E-state index contributed by atoms with van der Waals surface area (Å²) < 4.78 is 34.4. The molecule has 10 heteroatoms. The molecule has 0 aromatic heterocycles. The molecule has 0 aromatic rings. The first-order chi connectivity index (χ1) is 45.0. The van der Waals surface area contributed by atoms with Gasteiger partial charge in [-0.15, -0.1) is 0 Å². The molecule has 0 heterocycles. The second-order valence-corrected chi connectivity index (χ2v) is 30.9. The number of phosphoric ester groups is 1. The Labute approximate surface area is 574 Å². The Kier molecular flexibility index (Phi) is 72.5. The van der Waals surface area contributed by atoms with Crippen LogP contribution in [0.25, 0.3) is 0 Å². The third-order valence-corrected chi connectivity index (χ3v) is 19.9. The van der Waals surface area contributed by atoms with Crippen LogP contribution in [0.5, 0.6) is 0 Å². The van der Waals surface area contributed by atoms with Crippen LogP contribution in [0, 0.1) is 0 Å². The first-order valence-electron chi connectivity index (χ1n) is 41.0. The number of unbranched alkanes of at least 4 members (excludes halogenated alkanes) is 60. The molecule has 92 heavy (non-hydrogen) atoms. The molecule has 0 fully saturated rings. The fourth-order valence-electron chi connectivity index (χ4n) is 12.7. The van der Waals surface area contributed by atoms with Gasteiger partial charge in [0.25, 0.3) is 7.82 Å². The number of hydrogen-bond donors (Lipinski definition) is 0. The van der Waals surface area contributed by atoms with Crippen LogP contribution in [0.1, 0.15) is 438 Å². The molecule has 0 aliphatic heterocycles. The number of esters is 2.